The molecule has 3 heteroatoms. The number of nitrogens with zero attached hydrogens (tertiary/aromatic N) is 1. The molecule has 0 saturated carbocycles. The summed E-state index contributed by atoms with van der Waals surface area (Å²) in [5, 5.41) is 4.17. The zero-order valence-electron chi connectivity index (χ0n) is 6.12. The third kappa shape index (κ3) is 3.12. The van der Waals surface area contributed by atoms with E-state index in [0.717, 1.165) is 12.8 Å². The minimum absolute atomic E-state index is 0.597. The Kier molecular flexibility index (Phi) is 3.59. The van der Waals surface area contributed by atoms with Crippen molar-refractivity contribution in [1.29, 1.82) is 0 Å². The smallest absolute Gasteiger partial charge is 0.211 e. The minimum Gasteiger partial charge on any atom is -0.211 e. The van der Waals surface area contributed by atoms with E-state index in [1.165, 1.54) is 11.6 Å². The molecule has 0 radical (unpaired) electrons. The molecular formula is C8H9NOS. The molecule has 0 amide bonds. The SMILES string of the molecule is O=C=NCCCc1ccsc1. The molecule has 0 fully saturated rings. The quantitative estimate of drug-likeness (QED) is 0.383. The molecule has 1 heterocycles. The first-order valence-corrected chi connectivity index (χ1v) is 4.42. The van der Waals surface area contributed by atoms with Crippen LogP contribution in [0.5, 0.6) is 0 Å². The van der Waals surface area contributed by atoms with E-state index in [9.17, 15) is 4.79 Å². The van der Waals surface area contributed by atoms with Gasteiger partial charge in [-0.15, -0.1) is 0 Å². The summed E-state index contributed by atoms with van der Waals surface area (Å²) in [6.45, 7) is 0.597. The monoisotopic (exact) mass is 167 g/mol. The number of isocyanates is 1. The summed E-state index contributed by atoms with van der Waals surface area (Å²) in [6, 6.07) is 2.09. The summed E-state index contributed by atoms with van der Waals surface area (Å²) >= 11 is 1.70. The Labute approximate surface area is 69.6 Å². The number of rotatable bonds is 4. The number of thiophene rings is 1. The van der Waals surface area contributed by atoms with Crippen LogP contribution in [0.1, 0.15) is 12.0 Å². The van der Waals surface area contributed by atoms with E-state index in [0.29, 0.717) is 6.54 Å². The van der Waals surface area contributed by atoms with Crippen molar-refractivity contribution in [3.8, 4) is 0 Å². The molecule has 0 spiro atoms. The van der Waals surface area contributed by atoms with Crippen LogP contribution in [-0.4, -0.2) is 12.6 Å². The maximum atomic E-state index is 9.68. The molecule has 0 N–H and O–H groups in total. The first kappa shape index (κ1) is 8.18. The molecular weight excluding hydrogens is 158 g/mol. The van der Waals surface area contributed by atoms with Crippen molar-refractivity contribution in [2.45, 2.75) is 12.8 Å². The lowest BCUT2D eigenvalue weighted by atomic mass is 10.2. The van der Waals surface area contributed by atoms with Crippen molar-refractivity contribution < 1.29 is 4.79 Å². The van der Waals surface area contributed by atoms with E-state index >= 15 is 0 Å². The van der Waals surface area contributed by atoms with Gasteiger partial charge in [-0.05, 0) is 35.2 Å². The van der Waals surface area contributed by atoms with Gasteiger partial charge in [-0.1, -0.05) is 0 Å². The van der Waals surface area contributed by atoms with Crippen LogP contribution >= 0.6 is 11.3 Å². The van der Waals surface area contributed by atoms with Crippen LogP contribution in [0.4, 0.5) is 0 Å². The van der Waals surface area contributed by atoms with Crippen molar-refractivity contribution in [1.82, 2.24) is 0 Å². The molecule has 1 aromatic heterocycles. The largest absolute Gasteiger partial charge is 0.234 e. The predicted octanol–water partition coefficient (Wildman–Crippen LogP) is 2.02. The maximum absolute atomic E-state index is 9.68. The zero-order valence-corrected chi connectivity index (χ0v) is 6.93. The van der Waals surface area contributed by atoms with E-state index in [4.69, 9.17) is 0 Å². The lowest BCUT2D eigenvalue weighted by Crippen LogP contribution is -1.84. The summed E-state index contributed by atoms with van der Waals surface area (Å²) in [6.07, 6.45) is 3.47. The van der Waals surface area contributed by atoms with Gasteiger partial charge in [0.05, 0.1) is 6.54 Å². The number of hydrogen-bond acceptors (Lipinski definition) is 3. The first-order valence-electron chi connectivity index (χ1n) is 3.48. The Bertz CT molecular complexity index is 237. The average Bonchev–Trinajstić information content (AvgIpc) is 2.50. The molecule has 1 rings (SSSR count). The van der Waals surface area contributed by atoms with Crippen LogP contribution in [0.25, 0.3) is 0 Å². The second kappa shape index (κ2) is 4.83. The summed E-state index contributed by atoms with van der Waals surface area (Å²) in [5.74, 6) is 0. The summed E-state index contributed by atoms with van der Waals surface area (Å²) in [4.78, 5) is 13.1. The number of aliphatic imine (C=N–C) groups is 1. The number of carbonyl (C=O) groups excluding carboxylic acids is 1. The molecule has 0 atom stereocenters. The molecule has 58 valence electrons. The highest BCUT2D eigenvalue weighted by Gasteiger charge is 1.91. The van der Waals surface area contributed by atoms with Gasteiger partial charge in [0, 0.05) is 0 Å². The molecule has 11 heavy (non-hydrogen) atoms. The van der Waals surface area contributed by atoms with Gasteiger partial charge < -0.3 is 0 Å². The fourth-order valence-electron chi connectivity index (χ4n) is 0.843. The molecule has 0 bridgehead atoms. The van der Waals surface area contributed by atoms with Crippen LogP contribution in [0.3, 0.4) is 0 Å². The van der Waals surface area contributed by atoms with Gasteiger partial charge in [0.25, 0.3) is 0 Å². The van der Waals surface area contributed by atoms with Crippen molar-refractivity contribution >= 4 is 17.4 Å². The van der Waals surface area contributed by atoms with Crippen LogP contribution in [0.2, 0.25) is 0 Å². The molecule has 1 aromatic rings. The van der Waals surface area contributed by atoms with Gasteiger partial charge in [-0.2, -0.15) is 11.3 Å². The lowest BCUT2D eigenvalue weighted by Gasteiger charge is -1.90. The van der Waals surface area contributed by atoms with Crippen molar-refractivity contribution in [2.24, 2.45) is 4.99 Å². The van der Waals surface area contributed by atoms with Gasteiger partial charge in [-0.3, -0.25) is 0 Å². The number of hydrogen-bond donors (Lipinski definition) is 0. The standard InChI is InChI=1S/C8H9NOS/c10-7-9-4-1-2-8-3-5-11-6-8/h3,5-6H,1-2,4H2. The molecule has 0 saturated heterocycles. The van der Waals surface area contributed by atoms with Gasteiger partial charge in [-0.25, -0.2) is 9.79 Å². The van der Waals surface area contributed by atoms with Crippen LogP contribution in [0.15, 0.2) is 21.8 Å². The molecule has 2 nitrogen and oxygen atoms in total. The lowest BCUT2D eigenvalue weighted by molar-refractivity contribution is 0.562. The van der Waals surface area contributed by atoms with E-state index in [-0.39, 0.29) is 0 Å². The van der Waals surface area contributed by atoms with Gasteiger partial charge >= 0.3 is 0 Å². The zero-order chi connectivity index (χ0) is 7.94. The van der Waals surface area contributed by atoms with Crippen LogP contribution < -0.4 is 0 Å². The molecule has 0 aliphatic rings. The Balaban J connectivity index is 2.18. The van der Waals surface area contributed by atoms with Crippen molar-refractivity contribution in [2.75, 3.05) is 6.54 Å². The second-order valence-corrected chi connectivity index (χ2v) is 2.99. The normalized spacial score (nSPS) is 9.09. The minimum atomic E-state index is 0.597. The molecule has 0 unspecified atom stereocenters. The topological polar surface area (TPSA) is 29.4 Å². The highest BCUT2D eigenvalue weighted by molar-refractivity contribution is 7.07. The third-order valence-corrected chi connectivity index (χ3v) is 2.11. The average molecular weight is 167 g/mol. The first-order chi connectivity index (χ1) is 5.43. The van der Waals surface area contributed by atoms with E-state index in [1.54, 1.807) is 11.3 Å². The van der Waals surface area contributed by atoms with Crippen LogP contribution in [-0.2, 0) is 11.2 Å². The van der Waals surface area contributed by atoms with Gasteiger partial charge in [0.1, 0.15) is 0 Å². The fraction of sp³-hybridized carbons (Fsp3) is 0.375. The Morgan fingerprint density at radius 1 is 1.64 bits per heavy atom. The highest BCUT2D eigenvalue weighted by atomic mass is 32.1. The highest BCUT2D eigenvalue weighted by Crippen LogP contribution is 2.07. The number of aryl methyl sites for hydroxylation is 1. The Hall–Kier alpha value is -0.920. The van der Waals surface area contributed by atoms with E-state index in [1.807, 2.05) is 0 Å². The van der Waals surface area contributed by atoms with Crippen molar-refractivity contribution in [3.05, 3.63) is 22.4 Å². The third-order valence-electron chi connectivity index (χ3n) is 1.38. The van der Waals surface area contributed by atoms with Gasteiger partial charge in [0.15, 0.2) is 0 Å². The summed E-state index contributed by atoms with van der Waals surface area (Å²) in [7, 11) is 0. The second-order valence-electron chi connectivity index (χ2n) is 2.21. The maximum Gasteiger partial charge on any atom is 0.234 e. The summed E-state index contributed by atoms with van der Waals surface area (Å²) < 4.78 is 0. The Morgan fingerprint density at radius 3 is 3.18 bits per heavy atom. The Morgan fingerprint density at radius 2 is 2.55 bits per heavy atom. The van der Waals surface area contributed by atoms with Crippen LogP contribution in [0, 0.1) is 0 Å². The molecule has 0 aliphatic carbocycles. The molecule has 0 aromatic carbocycles. The van der Waals surface area contributed by atoms with Gasteiger partial charge in [0.2, 0.25) is 6.08 Å². The van der Waals surface area contributed by atoms with Crippen molar-refractivity contribution in [3.63, 3.8) is 0 Å². The van der Waals surface area contributed by atoms with E-state index < -0.39 is 0 Å². The predicted molar refractivity (Wildman–Crippen MR) is 45.6 cm³/mol. The summed E-state index contributed by atoms with van der Waals surface area (Å²) in [5.41, 5.74) is 1.33. The van der Waals surface area contributed by atoms with E-state index in [2.05, 4.69) is 21.8 Å². The fourth-order valence-corrected chi connectivity index (χ4v) is 1.55. The molecule has 0 aliphatic heterocycles.